The van der Waals surface area contributed by atoms with Gasteiger partial charge < -0.3 is 10.0 Å². The molecule has 1 amide bonds. The van der Waals surface area contributed by atoms with E-state index in [0.29, 0.717) is 29.8 Å². The molecule has 2 rings (SSSR count). The van der Waals surface area contributed by atoms with Gasteiger partial charge in [0, 0.05) is 30.1 Å². The summed E-state index contributed by atoms with van der Waals surface area (Å²) in [4.78, 5) is 25.3. The van der Waals surface area contributed by atoms with Crippen LogP contribution in [0.5, 0.6) is 0 Å². The molecular weight excluding hydrogens is 284 g/mol. The third-order valence-corrected chi connectivity index (χ3v) is 4.52. The highest BCUT2D eigenvalue weighted by atomic mass is 16.6. The van der Waals surface area contributed by atoms with E-state index in [0.717, 1.165) is 12.0 Å². The fourth-order valence-electron chi connectivity index (χ4n) is 3.31. The number of aliphatic hydroxyl groups excluding tert-OH is 1. The van der Waals surface area contributed by atoms with Crippen molar-refractivity contribution in [2.45, 2.75) is 40.2 Å². The lowest BCUT2D eigenvalue weighted by molar-refractivity contribution is -0.386. The Morgan fingerprint density at radius 1 is 1.41 bits per heavy atom. The van der Waals surface area contributed by atoms with Gasteiger partial charge in [-0.15, -0.1) is 0 Å². The summed E-state index contributed by atoms with van der Waals surface area (Å²) in [5, 5.41) is 20.9. The quantitative estimate of drug-likeness (QED) is 0.686. The molecule has 0 spiro atoms. The van der Waals surface area contributed by atoms with Gasteiger partial charge in [-0.05, 0) is 45.7 Å². The summed E-state index contributed by atoms with van der Waals surface area (Å²) in [6, 6.07) is 1.70. The first-order valence-corrected chi connectivity index (χ1v) is 7.46. The van der Waals surface area contributed by atoms with Gasteiger partial charge in [0.15, 0.2) is 0 Å². The SMILES string of the molecule is Cc1cc(C)c([N+](=O)[O-])c(C)c1C(=O)N1CCC(C(C)O)C1. The molecule has 0 aliphatic carbocycles. The van der Waals surface area contributed by atoms with Gasteiger partial charge in [0.25, 0.3) is 11.6 Å². The molecule has 2 atom stereocenters. The Morgan fingerprint density at radius 3 is 2.55 bits per heavy atom. The van der Waals surface area contributed by atoms with E-state index in [1.54, 1.807) is 38.7 Å². The maximum absolute atomic E-state index is 12.8. The predicted octanol–water partition coefficient (Wildman–Crippen LogP) is 2.36. The number of carbonyl (C=O) groups is 1. The van der Waals surface area contributed by atoms with Crippen LogP contribution in [0.1, 0.15) is 40.4 Å². The minimum absolute atomic E-state index is 0.0141. The van der Waals surface area contributed by atoms with Crippen molar-refractivity contribution in [3.8, 4) is 0 Å². The Balaban J connectivity index is 2.39. The number of carbonyl (C=O) groups excluding carboxylic acids is 1. The number of hydrogen-bond acceptors (Lipinski definition) is 4. The highest BCUT2D eigenvalue weighted by Gasteiger charge is 2.32. The maximum Gasteiger partial charge on any atom is 0.275 e. The summed E-state index contributed by atoms with van der Waals surface area (Å²) >= 11 is 0. The summed E-state index contributed by atoms with van der Waals surface area (Å²) in [7, 11) is 0. The maximum atomic E-state index is 12.8. The van der Waals surface area contributed by atoms with E-state index in [9.17, 15) is 20.0 Å². The Hall–Kier alpha value is -1.95. The molecule has 0 bridgehead atoms. The van der Waals surface area contributed by atoms with Gasteiger partial charge >= 0.3 is 0 Å². The number of nitro benzene ring substituents is 1. The molecule has 1 fully saturated rings. The van der Waals surface area contributed by atoms with E-state index in [-0.39, 0.29) is 17.5 Å². The van der Waals surface area contributed by atoms with Crippen molar-refractivity contribution in [3.63, 3.8) is 0 Å². The molecule has 6 nitrogen and oxygen atoms in total. The average Bonchev–Trinajstić information content (AvgIpc) is 2.86. The van der Waals surface area contributed by atoms with E-state index in [4.69, 9.17) is 0 Å². The van der Waals surface area contributed by atoms with E-state index in [1.807, 2.05) is 0 Å². The smallest absolute Gasteiger partial charge is 0.275 e. The first-order chi connectivity index (χ1) is 10.2. The lowest BCUT2D eigenvalue weighted by Crippen LogP contribution is -2.31. The van der Waals surface area contributed by atoms with Crippen LogP contribution >= 0.6 is 0 Å². The molecule has 1 N–H and O–H groups in total. The van der Waals surface area contributed by atoms with Crippen LogP contribution < -0.4 is 0 Å². The van der Waals surface area contributed by atoms with Crippen LogP contribution in [0, 0.1) is 36.8 Å². The topological polar surface area (TPSA) is 83.7 Å². The summed E-state index contributed by atoms with van der Waals surface area (Å²) in [5.74, 6) is -0.105. The van der Waals surface area contributed by atoms with E-state index in [2.05, 4.69) is 0 Å². The van der Waals surface area contributed by atoms with Crippen molar-refractivity contribution >= 4 is 11.6 Å². The standard InChI is InChI=1S/C16H22N2O4/c1-9-7-10(2)15(18(21)22)11(3)14(9)16(20)17-6-5-13(8-17)12(4)19/h7,12-13,19H,5-6,8H2,1-4H3. The molecule has 0 saturated carbocycles. The van der Waals surface area contributed by atoms with Crippen LogP contribution in [0.2, 0.25) is 0 Å². The first kappa shape index (κ1) is 16.4. The number of aryl methyl sites for hydroxylation is 2. The number of aliphatic hydroxyl groups is 1. The van der Waals surface area contributed by atoms with Crippen molar-refractivity contribution in [1.82, 2.24) is 4.90 Å². The molecule has 1 aromatic rings. The fourth-order valence-corrected chi connectivity index (χ4v) is 3.31. The highest BCUT2D eigenvalue weighted by molar-refractivity contribution is 5.98. The molecule has 120 valence electrons. The van der Waals surface area contributed by atoms with Gasteiger partial charge in [-0.3, -0.25) is 14.9 Å². The Labute approximate surface area is 129 Å². The molecule has 1 aliphatic heterocycles. The summed E-state index contributed by atoms with van der Waals surface area (Å²) < 4.78 is 0. The Bertz CT molecular complexity index is 625. The van der Waals surface area contributed by atoms with Crippen molar-refractivity contribution in [1.29, 1.82) is 0 Å². The predicted molar refractivity (Wildman–Crippen MR) is 83.0 cm³/mol. The molecule has 1 heterocycles. The third-order valence-electron chi connectivity index (χ3n) is 4.52. The largest absolute Gasteiger partial charge is 0.393 e. The monoisotopic (exact) mass is 306 g/mol. The van der Waals surface area contributed by atoms with Crippen molar-refractivity contribution in [2.75, 3.05) is 13.1 Å². The number of hydrogen-bond donors (Lipinski definition) is 1. The van der Waals surface area contributed by atoms with Crippen LogP contribution in [0.25, 0.3) is 0 Å². The molecule has 1 aliphatic rings. The zero-order valence-corrected chi connectivity index (χ0v) is 13.4. The van der Waals surface area contributed by atoms with Gasteiger partial charge in [-0.25, -0.2) is 0 Å². The Kier molecular flexibility index (Phi) is 4.51. The zero-order valence-electron chi connectivity index (χ0n) is 13.4. The zero-order chi connectivity index (χ0) is 16.6. The van der Waals surface area contributed by atoms with Gasteiger partial charge in [0.2, 0.25) is 0 Å². The third kappa shape index (κ3) is 2.83. The van der Waals surface area contributed by atoms with Crippen molar-refractivity contribution in [2.24, 2.45) is 5.92 Å². The van der Waals surface area contributed by atoms with Crippen LogP contribution in [0.4, 0.5) is 5.69 Å². The number of benzene rings is 1. The minimum atomic E-state index is -0.452. The molecule has 1 aromatic carbocycles. The lowest BCUT2D eigenvalue weighted by Gasteiger charge is -2.20. The molecular formula is C16H22N2O4. The van der Waals surface area contributed by atoms with E-state index in [1.165, 1.54) is 0 Å². The molecule has 1 saturated heterocycles. The second-order valence-electron chi connectivity index (χ2n) is 6.16. The van der Waals surface area contributed by atoms with Crippen molar-refractivity contribution < 1.29 is 14.8 Å². The molecule has 6 heteroatoms. The van der Waals surface area contributed by atoms with Crippen LogP contribution in [0.15, 0.2) is 6.07 Å². The fraction of sp³-hybridized carbons (Fsp3) is 0.562. The highest BCUT2D eigenvalue weighted by Crippen LogP contribution is 2.31. The van der Waals surface area contributed by atoms with Crippen LogP contribution in [-0.4, -0.2) is 40.0 Å². The molecule has 22 heavy (non-hydrogen) atoms. The van der Waals surface area contributed by atoms with Crippen molar-refractivity contribution in [3.05, 3.63) is 38.4 Å². The number of nitro groups is 1. The normalized spacial score (nSPS) is 19.3. The van der Waals surface area contributed by atoms with Gasteiger partial charge in [-0.2, -0.15) is 0 Å². The molecule has 0 radical (unpaired) electrons. The first-order valence-electron chi connectivity index (χ1n) is 7.46. The van der Waals surface area contributed by atoms with Gasteiger partial charge in [0.05, 0.1) is 16.6 Å². The number of likely N-dealkylation sites (tertiary alicyclic amines) is 1. The van der Waals surface area contributed by atoms with Crippen LogP contribution in [-0.2, 0) is 0 Å². The lowest BCUT2D eigenvalue weighted by atomic mass is 9.96. The number of rotatable bonds is 3. The van der Waals surface area contributed by atoms with Gasteiger partial charge in [0.1, 0.15) is 0 Å². The second kappa shape index (κ2) is 6.04. The summed E-state index contributed by atoms with van der Waals surface area (Å²) in [5.41, 5.74) is 2.18. The van der Waals surface area contributed by atoms with Gasteiger partial charge in [-0.1, -0.05) is 0 Å². The summed E-state index contributed by atoms with van der Waals surface area (Å²) in [6.45, 7) is 7.93. The van der Waals surface area contributed by atoms with E-state index < -0.39 is 11.0 Å². The molecule has 0 aromatic heterocycles. The Morgan fingerprint density at radius 2 is 2.05 bits per heavy atom. The summed E-state index contributed by atoms with van der Waals surface area (Å²) in [6.07, 6.45) is 0.308. The van der Waals surface area contributed by atoms with Crippen LogP contribution in [0.3, 0.4) is 0 Å². The molecule has 2 unspecified atom stereocenters. The number of amides is 1. The van der Waals surface area contributed by atoms with E-state index >= 15 is 0 Å². The number of nitrogens with zero attached hydrogens (tertiary/aromatic N) is 2. The second-order valence-corrected chi connectivity index (χ2v) is 6.16. The average molecular weight is 306 g/mol. The minimum Gasteiger partial charge on any atom is -0.393 e.